The van der Waals surface area contributed by atoms with Gasteiger partial charge in [0.25, 0.3) is 5.91 Å². The standard InChI is InChI=1S/C35H46F2N6O4/c1-22-18-30(40-41(22)7)33(45)42(17-16-24-8-10-25(36)11-9-24)20-27-19-29(47-28-14-12-26(37)13-15-28)21-43(27)34(46)31(35(3,4)5)39-32(44)23(2)38-6/h8-15,18,23,27,29,31,38H,16-17,19-21H2,1-7H3,(H,39,44). The van der Waals surface area contributed by atoms with Crippen molar-refractivity contribution in [1.82, 2.24) is 30.2 Å². The van der Waals surface area contributed by atoms with Gasteiger partial charge < -0.3 is 25.2 Å². The number of halogens is 2. The van der Waals surface area contributed by atoms with Crippen LogP contribution in [0.25, 0.3) is 0 Å². The van der Waals surface area contributed by atoms with Gasteiger partial charge in [0.1, 0.15) is 29.5 Å². The highest BCUT2D eigenvalue weighted by Crippen LogP contribution is 2.29. The molecule has 2 aromatic carbocycles. The molecule has 47 heavy (non-hydrogen) atoms. The number of nitrogens with zero attached hydrogens (tertiary/aromatic N) is 4. The minimum absolute atomic E-state index is 0.169. The summed E-state index contributed by atoms with van der Waals surface area (Å²) in [7, 11) is 3.44. The summed E-state index contributed by atoms with van der Waals surface area (Å²) in [5.41, 5.74) is 1.31. The van der Waals surface area contributed by atoms with Crippen LogP contribution in [0.5, 0.6) is 5.75 Å². The monoisotopic (exact) mass is 652 g/mol. The Hall–Kier alpha value is -4.32. The number of aryl methyl sites for hydroxylation is 2. The number of likely N-dealkylation sites (tertiary alicyclic amines) is 1. The number of hydrogen-bond donors (Lipinski definition) is 2. The molecule has 4 atom stereocenters. The van der Waals surface area contributed by atoms with Gasteiger partial charge in [0.15, 0.2) is 5.69 Å². The van der Waals surface area contributed by atoms with Crippen LogP contribution in [-0.4, -0.2) is 88.2 Å². The first-order chi connectivity index (χ1) is 22.2. The lowest BCUT2D eigenvalue weighted by Crippen LogP contribution is -2.59. The molecule has 0 spiro atoms. The van der Waals surface area contributed by atoms with E-state index in [1.54, 1.807) is 53.7 Å². The molecule has 1 aromatic heterocycles. The van der Waals surface area contributed by atoms with Crippen LogP contribution in [0.3, 0.4) is 0 Å². The second-order valence-electron chi connectivity index (χ2n) is 13.3. The molecular weight excluding hydrogens is 606 g/mol. The van der Waals surface area contributed by atoms with Crippen molar-refractivity contribution in [3.05, 3.63) is 83.2 Å². The van der Waals surface area contributed by atoms with Crippen LogP contribution in [0.4, 0.5) is 8.78 Å². The Morgan fingerprint density at radius 1 is 1.06 bits per heavy atom. The zero-order valence-corrected chi connectivity index (χ0v) is 28.2. The Balaban J connectivity index is 1.66. The molecule has 2 heterocycles. The Bertz CT molecular complexity index is 1520. The Kier molecular flexibility index (Phi) is 11.4. The van der Waals surface area contributed by atoms with Gasteiger partial charge in [-0.1, -0.05) is 32.9 Å². The van der Waals surface area contributed by atoms with Crippen molar-refractivity contribution in [2.24, 2.45) is 12.5 Å². The molecule has 12 heteroatoms. The normalized spacial score (nSPS) is 17.7. The third kappa shape index (κ3) is 9.15. The summed E-state index contributed by atoms with van der Waals surface area (Å²) in [6.45, 7) is 9.90. The van der Waals surface area contributed by atoms with E-state index in [9.17, 15) is 23.2 Å². The molecule has 1 saturated heterocycles. The van der Waals surface area contributed by atoms with E-state index in [1.165, 1.54) is 36.4 Å². The molecule has 1 fully saturated rings. The Morgan fingerprint density at radius 2 is 1.68 bits per heavy atom. The van der Waals surface area contributed by atoms with Crippen LogP contribution in [0, 0.1) is 24.0 Å². The summed E-state index contributed by atoms with van der Waals surface area (Å²) in [4.78, 5) is 44.7. The van der Waals surface area contributed by atoms with E-state index in [-0.39, 0.29) is 42.3 Å². The van der Waals surface area contributed by atoms with Crippen molar-refractivity contribution < 1.29 is 27.9 Å². The van der Waals surface area contributed by atoms with Gasteiger partial charge in [-0.15, -0.1) is 0 Å². The average molecular weight is 653 g/mol. The molecule has 2 N–H and O–H groups in total. The van der Waals surface area contributed by atoms with Crippen molar-refractivity contribution >= 4 is 17.7 Å². The second-order valence-corrected chi connectivity index (χ2v) is 13.3. The fourth-order valence-corrected chi connectivity index (χ4v) is 5.59. The number of rotatable bonds is 12. The van der Waals surface area contributed by atoms with Gasteiger partial charge in [-0.25, -0.2) is 8.78 Å². The summed E-state index contributed by atoms with van der Waals surface area (Å²) < 4.78 is 35.1. The summed E-state index contributed by atoms with van der Waals surface area (Å²) in [6.07, 6.45) is 0.395. The van der Waals surface area contributed by atoms with Gasteiger partial charge in [-0.3, -0.25) is 19.1 Å². The number of carbonyl (C=O) groups excluding carboxylic acids is 3. The highest BCUT2D eigenvalue weighted by atomic mass is 19.1. The first-order valence-electron chi connectivity index (χ1n) is 15.9. The predicted molar refractivity (Wildman–Crippen MR) is 175 cm³/mol. The molecule has 3 aromatic rings. The molecule has 1 aliphatic rings. The SMILES string of the molecule is CNC(C)C(=O)NC(C(=O)N1CC(Oc2ccc(F)cc2)CC1CN(CCc1ccc(F)cc1)C(=O)c1cc(C)n(C)n1)C(C)(C)C. The second kappa shape index (κ2) is 15.1. The fraction of sp³-hybridized carbons (Fsp3) is 0.486. The number of amides is 3. The highest BCUT2D eigenvalue weighted by molar-refractivity contribution is 5.93. The summed E-state index contributed by atoms with van der Waals surface area (Å²) in [5.74, 6) is -1.17. The van der Waals surface area contributed by atoms with Crippen molar-refractivity contribution in [1.29, 1.82) is 0 Å². The van der Waals surface area contributed by atoms with Crippen LogP contribution < -0.4 is 15.4 Å². The summed E-state index contributed by atoms with van der Waals surface area (Å²) in [6, 6.07) is 11.7. The van der Waals surface area contributed by atoms with Gasteiger partial charge in [-0.2, -0.15) is 5.10 Å². The largest absolute Gasteiger partial charge is 0.489 e. The lowest BCUT2D eigenvalue weighted by Gasteiger charge is -2.37. The van der Waals surface area contributed by atoms with Gasteiger partial charge >= 0.3 is 0 Å². The van der Waals surface area contributed by atoms with Crippen LogP contribution in [0.2, 0.25) is 0 Å². The molecule has 0 bridgehead atoms. The van der Waals surface area contributed by atoms with E-state index in [4.69, 9.17) is 4.74 Å². The van der Waals surface area contributed by atoms with E-state index < -0.39 is 35.5 Å². The zero-order chi connectivity index (χ0) is 34.5. The number of ether oxygens (including phenoxy) is 1. The highest BCUT2D eigenvalue weighted by Gasteiger charge is 2.44. The first-order valence-corrected chi connectivity index (χ1v) is 15.9. The first kappa shape index (κ1) is 35.5. The van der Waals surface area contributed by atoms with E-state index in [2.05, 4.69) is 15.7 Å². The lowest BCUT2D eigenvalue weighted by molar-refractivity contribution is -0.141. The van der Waals surface area contributed by atoms with Crippen LogP contribution in [0.15, 0.2) is 54.6 Å². The lowest BCUT2D eigenvalue weighted by atomic mass is 9.85. The van der Waals surface area contributed by atoms with E-state index in [1.807, 2.05) is 27.7 Å². The molecule has 0 radical (unpaired) electrons. The van der Waals surface area contributed by atoms with E-state index in [0.29, 0.717) is 25.1 Å². The van der Waals surface area contributed by atoms with Gasteiger partial charge in [-0.05, 0) is 80.8 Å². The van der Waals surface area contributed by atoms with Crippen LogP contribution in [0.1, 0.15) is 55.9 Å². The average Bonchev–Trinajstić information content (AvgIpc) is 3.59. The summed E-state index contributed by atoms with van der Waals surface area (Å²) >= 11 is 0. The quantitative estimate of drug-likeness (QED) is 0.308. The number of likely N-dealkylation sites (N-methyl/N-ethyl adjacent to an activating group) is 1. The molecule has 0 aliphatic carbocycles. The topological polar surface area (TPSA) is 109 Å². The molecule has 254 valence electrons. The molecule has 4 unspecified atom stereocenters. The third-order valence-electron chi connectivity index (χ3n) is 8.64. The maximum absolute atomic E-state index is 14.4. The molecule has 1 aliphatic heterocycles. The van der Waals surface area contributed by atoms with Crippen LogP contribution in [-0.2, 0) is 23.1 Å². The minimum atomic E-state index is -0.861. The maximum atomic E-state index is 14.4. The third-order valence-corrected chi connectivity index (χ3v) is 8.64. The van der Waals surface area contributed by atoms with Crippen molar-refractivity contribution in [3.8, 4) is 5.75 Å². The predicted octanol–water partition coefficient (Wildman–Crippen LogP) is 3.88. The molecule has 0 saturated carbocycles. The zero-order valence-electron chi connectivity index (χ0n) is 28.2. The maximum Gasteiger partial charge on any atom is 0.274 e. The summed E-state index contributed by atoms with van der Waals surface area (Å²) in [5, 5.41) is 10.3. The van der Waals surface area contributed by atoms with E-state index in [0.717, 1.165) is 11.3 Å². The molecule has 10 nitrogen and oxygen atoms in total. The number of carbonyl (C=O) groups is 3. The van der Waals surface area contributed by atoms with E-state index >= 15 is 0 Å². The van der Waals surface area contributed by atoms with Crippen molar-refractivity contribution in [2.45, 2.75) is 71.7 Å². The van der Waals surface area contributed by atoms with Gasteiger partial charge in [0.05, 0.1) is 18.6 Å². The Labute approximate surface area is 275 Å². The van der Waals surface area contributed by atoms with Gasteiger partial charge in [0.2, 0.25) is 11.8 Å². The van der Waals surface area contributed by atoms with Gasteiger partial charge in [0, 0.05) is 32.3 Å². The number of hydrogen-bond acceptors (Lipinski definition) is 6. The molecular formula is C35H46F2N6O4. The molecule has 4 rings (SSSR count). The number of nitrogens with one attached hydrogen (secondary N) is 2. The number of aromatic nitrogens is 2. The van der Waals surface area contributed by atoms with Crippen LogP contribution >= 0.6 is 0 Å². The van der Waals surface area contributed by atoms with Crippen molar-refractivity contribution in [3.63, 3.8) is 0 Å². The van der Waals surface area contributed by atoms with Crippen molar-refractivity contribution in [2.75, 3.05) is 26.7 Å². The number of benzene rings is 2. The molecule has 3 amide bonds. The minimum Gasteiger partial charge on any atom is -0.489 e. The smallest absolute Gasteiger partial charge is 0.274 e. The fourth-order valence-electron chi connectivity index (χ4n) is 5.59. The Morgan fingerprint density at radius 3 is 2.23 bits per heavy atom.